The molecule has 12 atom stereocenters. The van der Waals surface area contributed by atoms with Crippen molar-refractivity contribution in [2.75, 3.05) is 14.2 Å². The number of aliphatic hydroxyl groups excluding tert-OH is 2. The summed E-state index contributed by atoms with van der Waals surface area (Å²) in [6.45, 7) is 4.84. The molecule has 6 aliphatic rings. The highest BCUT2D eigenvalue weighted by Crippen LogP contribution is 2.55. The molecule has 2 fully saturated rings. The van der Waals surface area contributed by atoms with Crippen molar-refractivity contribution in [2.24, 2.45) is 0 Å². The minimum absolute atomic E-state index is 0.0167. The van der Waals surface area contributed by atoms with E-state index in [1.165, 1.54) is 71.4 Å². The fourth-order valence-corrected chi connectivity index (χ4v) is 12.0. The zero-order valence-electron chi connectivity index (χ0n) is 47.0. The average Bonchev–Trinajstić information content (AvgIpc) is 0.725. The number of methoxy groups -OCH3 is 2. The second-order valence-corrected chi connectivity index (χ2v) is 22.1. The van der Waals surface area contributed by atoms with Crippen molar-refractivity contribution in [1.29, 1.82) is 0 Å². The third-order valence-corrected chi connectivity index (χ3v) is 16.6. The fraction of sp³-hybridized carbons (Fsp3) is 0.448. The van der Waals surface area contributed by atoms with E-state index in [9.17, 15) is 106 Å². The van der Waals surface area contributed by atoms with Gasteiger partial charge in [-0.25, -0.2) is 0 Å². The minimum Gasteiger partial charge on any atom is -0.507 e. The highest BCUT2D eigenvalue weighted by atomic mass is 19.4. The van der Waals surface area contributed by atoms with Crippen LogP contribution in [0.5, 0.6) is 34.5 Å². The molecule has 24 nitrogen and oxygen atoms in total. The summed E-state index contributed by atoms with van der Waals surface area (Å²) < 4.78 is 111. The molecule has 0 spiro atoms. The van der Waals surface area contributed by atoms with Crippen molar-refractivity contribution in [2.45, 2.75) is 151 Å². The number of aliphatic hydroxyl groups is 4. The number of hydrogen-bond donors (Lipinski definition) is 10. The summed E-state index contributed by atoms with van der Waals surface area (Å²) >= 11 is 0. The third kappa shape index (κ3) is 11.1. The molecule has 0 saturated carbocycles. The molecule has 472 valence electrons. The maximum absolute atomic E-state index is 13.7. The molecular formula is C58H56F6N2O22. The highest BCUT2D eigenvalue weighted by molar-refractivity contribution is 6.32. The van der Waals surface area contributed by atoms with Gasteiger partial charge in [0.05, 0.1) is 89.7 Å². The van der Waals surface area contributed by atoms with Gasteiger partial charge >= 0.3 is 24.2 Å². The van der Waals surface area contributed by atoms with Gasteiger partial charge in [0.15, 0.2) is 35.7 Å². The lowest BCUT2D eigenvalue weighted by Gasteiger charge is -2.44. The van der Waals surface area contributed by atoms with Gasteiger partial charge in [0.25, 0.3) is 0 Å². The summed E-state index contributed by atoms with van der Waals surface area (Å²) in [4.78, 5) is 103. The standard InChI is InChI=1S/C29H30F3NO11.C29H26F3NO11/c2*1-10-22(35)14(33-27(40)29(30,31)32)7-17(43-10)44-16-9-28(41,11(2)34)8-13-19(16)26(39)21-20(24(13)37)23(36)12-5-4-6-15(42-3)18(12)25(21)38/h4-6,10-11,14,16-17,22,34-35,37,39,41H,7-9H2,1-3H3,(H,33,40);4-6,10,14,16-17,37,39,41H,7-9H2,1-3H3,(H,33,40)/t10?,11?,14?,16-,17?,22?,28-;10?,14?,16-,17?,28-/m00/s1. The number of hydrogen-bond acceptors (Lipinski definition) is 22. The predicted molar refractivity (Wildman–Crippen MR) is 281 cm³/mol. The van der Waals surface area contributed by atoms with Gasteiger partial charge in [-0.05, 0) is 39.8 Å². The quantitative estimate of drug-likeness (QED) is 0.0693. The van der Waals surface area contributed by atoms with Crippen molar-refractivity contribution in [3.63, 3.8) is 0 Å². The summed E-state index contributed by atoms with van der Waals surface area (Å²) in [7, 11) is 2.54. The zero-order valence-corrected chi connectivity index (χ0v) is 47.0. The molecule has 2 amide bonds. The molecule has 0 bridgehead atoms. The first-order valence-electron chi connectivity index (χ1n) is 27.0. The average molecular weight is 1250 g/mol. The Balaban J connectivity index is 0.000000209. The van der Waals surface area contributed by atoms with Gasteiger partial charge in [0, 0.05) is 71.9 Å². The predicted octanol–water partition coefficient (Wildman–Crippen LogP) is 3.50. The number of amides is 2. The van der Waals surface area contributed by atoms with Crippen molar-refractivity contribution in [1.82, 2.24) is 10.6 Å². The van der Waals surface area contributed by atoms with E-state index >= 15 is 0 Å². The van der Waals surface area contributed by atoms with Crippen LogP contribution in [-0.4, -0.2) is 174 Å². The number of carbonyl (C=O) groups excluding carboxylic acids is 8. The van der Waals surface area contributed by atoms with Crippen LogP contribution < -0.4 is 20.1 Å². The number of carbonyl (C=O) groups is 8. The lowest BCUT2D eigenvalue weighted by atomic mass is 9.71. The lowest BCUT2D eigenvalue weighted by Crippen LogP contribution is -2.57. The number of halogens is 6. The number of phenolic OH excluding ortho intramolecular Hbond substituents is 4. The number of nitrogens with one attached hydrogen (secondary N) is 2. The van der Waals surface area contributed by atoms with Crippen molar-refractivity contribution >= 4 is 46.5 Å². The van der Waals surface area contributed by atoms with Gasteiger partial charge in [-0.3, -0.25) is 38.4 Å². The van der Waals surface area contributed by atoms with Gasteiger partial charge < -0.3 is 79.9 Å². The van der Waals surface area contributed by atoms with Crippen molar-refractivity contribution in [3.8, 4) is 34.5 Å². The zero-order chi connectivity index (χ0) is 64.9. The molecule has 10 rings (SSSR count). The Morgan fingerprint density at radius 2 is 1.08 bits per heavy atom. The number of phenols is 4. The van der Waals surface area contributed by atoms with Gasteiger partial charge in [0.2, 0.25) is 11.6 Å². The summed E-state index contributed by atoms with van der Waals surface area (Å²) in [6, 6.07) is 5.26. The molecule has 8 unspecified atom stereocenters. The Morgan fingerprint density at radius 1 is 0.636 bits per heavy atom. The molecular weight excluding hydrogens is 1190 g/mol. The van der Waals surface area contributed by atoms with E-state index in [-0.39, 0.29) is 56.0 Å². The first kappa shape index (κ1) is 64.4. The molecule has 2 aliphatic heterocycles. The Morgan fingerprint density at radius 3 is 1.53 bits per heavy atom. The van der Waals surface area contributed by atoms with Gasteiger partial charge in [-0.2, -0.15) is 26.3 Å². The van der Waals surface area contributed by atoms with Crippen LogP contribution in [0, 0.1) is 0 Å². The molecule has 2 heterocycles. The van der Waals surface area contributed by atoms with Crippen LogP contribution in [0.2, 0.25) is 0 Å². The Bertz CT molecular complexity index is 3640. The SMILES string of the molecule is COc1cccc2c1C(=O)c1c(O)c3c(c(O)c1C2=O)C[C@@](O)(C(C)=O)C[C@@H]3OC1CC(NC(=O)C(F)(F)F)C(=O)C(C)O1.COc1cccc2c1C(=O)c1c(O)c3c(c(O)c1C2=O)C[C@@](O)(C(C)O)C[C@@H]3OC1CC(NC(=O)C(F)(F)F)C(O)C(C)O1. The van der Waals surface area contributed by atoms with Gasteiger partial charge in [-0.1, -0.05) is 24.3 Å². The largest absolute Gasteiger partial charge is 0.507 e. The maximum atomic E-state index is 13.7. The summed E-state index contributed by atoms with van der Waals surface area (Å²) in [6.07, 6.45) is -25.3. The first-order valence-corrected chi connectivity index (χ1v) is 27.0. The van der Waals surface area contributed by atoms with Crippen LogP contribution in [0.3, 0.4) is 0 Å². The summed E-state index contributed by atoms with van der Waals surface area (Å²) in [5.74, 6) is -12.8. The monoisotopic (exact) mass is 1250 g/mol. The number of Topliss-reactive ketones (excluding diaryl/α,β-unsaturated/α-hetero) is 2. The number of aromatic hydroxyl groups is 4. The number of alkyl halides is 6. The van der Waals surface area contributed by atoms with E-state index in [1.807, 2.05) is 0 Å². The molecule has 4 aliphatic carbocycles. The van der Waals surface area contributed by atoms with E-state index in [0.29, 0.717) is 0 Å². The van der Waals surface area contributed by atoms with Gasteiger partial charge in [0.1, 0.15) is 52.3 Å². The normalized spacial score (nSPS) is 27.6. The fourth-order valence-electron chi connectivity index (χ4n) is 12.0. The molecule has 4 aromatic rings. The van der Waals surface area contributed by atoms with E-state index in [2.05, 4.69) is 0 Å². The number of rotatable bonds is 10. The van der Waals surface area contributed by atoms with E-state index < -0.39 is 215 Å². The number of benzene rings is 4. The second-order valence-electron chi connectivity index (χ2n) is 22.1. The number of fused-ring (bicyclic) bond motifs is 6. The van der Waals surface area contributed by atoms with Crippen LogP contribution >= 0.6 is 0 Å². The van der Waals surface area contributed by atoms with Crippen LogP contribution in [0.4, 0.5) is 26.3 Å². The summed E-state index contributed by atoms with van der Waals surface area (Å²) in [5, 5.41) is 92.5. The Labute approximate surface area is 492 Å². The minimum atomic E-state index is -5.29. The summed E-state index contributed by atoms with van der Waals surface area (Å²) in [5.41, 5.74) is -8.02. The van der Waals surface area contributed by atoms with Crippen molar-refractivity contribution < 1.29 is 134 Å². The number of ketones is 6. The molecule has 0 radical (unpaired) electrons. The second kappa shape index (κ2) is 23.1. The maximum Gasteiger partial charge on any atom is 0.471 e. The molecule has 10 N–H and O–H groups in total. The van der Waals surface area contributed by atoms with Gasteiger partial charge in [-0.15, -0.1) is 0 Å². The molecule has 2 saturated heterocycles. The topological polar surface area (TPSA) is 378 Å². The smallest absolute Gasteiger partial charge is 0.471 e. The van der Waals surface area contributed by atoms with E-state index in [0.717, 1.165) is 6.92 Å². The van der Waals surface area contributed by atoms with Crippen LogP contribution in [0.25, 0.3) is 0 Å². The van der Waals surface area contributed by atoms with Crippen LogP contribution in [0.1, 0.15) is 152 Å². The van der Waals surface area contributed by atoms with E-state index in [4.69, 9.17) is 28.4 Å². The first-order chi connectivity index (χ1) is 41.0. The molecule has 0 aromatic heterocycles. The number of ether oxygens (including phenoxy) is 6. The highest BCUT2D eigenvalue weighted by Gasteiger charge is 2.53. The van der Waals surface area contributed by atoms with Crippen LogP contribution in [0.15, 0.2) is 36.4 Å². The van der Waals surface area contributed by atoms with Crippen LogP contribution in [-0.2, 0) is 51.0 Å². The molecule has 88 heavy (non-hydrogen) atoms. The van der Waals surface area contributed by atoms with Crippen molar-refractivity contribution in [3.05, 3.63) is 103 Å². The molecule has 4 aromatic carbocycles. The Hall–Kier alpha value is -8.10. The third-order valence-electron chi connectivity index (χ3n) is 16.6. The molecule has 30 heteroatoms. The van der Waals surface area contributed by atoms with E-state index in [1.54, 1.807) is 10.6 Å². The lowest BCUT2D eigenvalue weighted by molar-refractivity contribution is -0.253. The Kier molecular flexibility index (Phi) is 16.9.